The van der Waals surface area contributed by atoms with Gasteiger partial charge in [-0.15, -0.1) is 11.3 Å². The van der Waals surface area contributed by atoms with Crippen LogP contribution < -0.4 is 5.43 Å². The molecule has 0 amide bonds. The van der Waals surface area contributed by atoms with Gasteiger partial charge in [-0.2, -0.15) is 5.10 Å². The summed E-state index contributed by atoms with van der Waals surface area (Å²) in [7, 11) is 0. The Hall–Kier alpha value is -2.92. The average Bonchev–Trinajstić information content (AvgIpc) is 3.04. The number of rotatable bonds is 5. The van der Waals surface area contributed by atoms with E-state index in [2.05, 4.69) is 15.5 Å². The monoisotopic (exact) mass is 321 g/mol. The van der Waals surface area contributed by atoms with E-state index in [0.717, 1.165) is 16.8 Å². The normalized spacial score (nSPS) is 11.3. The number of benzene rings is 2. The second-order valence-electron chi connectivity index (χ2n) is 4.75. The number of nitrogens with zero attached hydrogens (tertiary/aromatic N) is 2. The van der Waals surface area contributed by atoms with Crippen molar-refractivity contribution in [3.8, 4) is 17.0 Å². The molecule has 0 aliphatic heterocycles. The Balaban J connectivity index is 1.59. The molecule has 0 fully saturated rings. The molecule has 2 aromatic carbocycles. The van der Waals surface area contributed by atoms with Crippen LogP contribution in [0.25, 0.3) is 17.3 Å². The number of allylic oxidation sites excluding steroid dienone is 1. The van der Waals surface area contributed by atoms with E-state index in [4.69, 9.17) is 0 Å². The Kier molecular flexibility index (Phi) is 4.81. The van der Waals surface area contributed by atoms with E-state index in [0.29, 0.717) is 5.13 Å². The first-order valence-corrected chi connectivity index (χ1v) is 7.95. The van der Waals surface area contributed by atoms with E-state index in [1.165, 1.54) is 11.3 Å². The van der Waals surface area contributed by atoms with Crippen LogP contribution in [0.1, 0.15) is 5.56 Å². The highest BCUT2D eigenvalue weighted by molar-refractivity contribution is 7.14. The molecule has 0 atom stereocenters. The minimum Gasteiger partial charge on any atom is -0.508 e. The van der Waals surface area contributed by atoms with E-state index < -0.39 is 0 Å². The quantitative estimate of drug-likeness (QED) is 0.532. The number of anilines is 1. The molecular formula is C18H15N3OS. The molecule has 0 saturated carbocycles. The van der Waals surface area contributed by atoms with Crippen molar-refractivity contribution in [1.82, 2.24) is 4.98 Å². The largest absolute Gasteiger partial charge is 0.508 e. The van der Waals surface area contributed by atoms with Crippen molar-refractivity contribution in [1.29, 1.82) is 0 Å². The topological polar surface area (TPSA) is 57.5 Å². The lowest BCUT2D eigenvalue weighted by Crippen LogP contribution is -1.87. The van der Waals surface area contributed by atoms with Gasteiger partial charge in [0.05, 0.1) is 5.69 Å². The summed E-state index contributed by atoms with van der Waals surface area (Å²) in [6.45, 7) is 0. The number of hydrazone groups is 1. The predicted octanol–water partition coefficient (Wildman–Crippen LogP) is 4.63. The van der Waals surface area contributed by atoms with Crippen molar-refractivity contribution >= 4 is 28.8 Å². The molecule has 23 heavy (non-hydrogen) atoms. The lowest BCUT2D eigenvalue weighted by molar-refractivity contribution is 0.475. The van der Waals surface area contributed by atoms with Crippen LogP contribution in [0.15, 0.2) is 71.2 Å². The van der Waals surface area contributed by atoms with Crippen molar-refractivity contribution in [2.24, 2.45) is 5.10 Å². The lowest BCUT2D eigenvalue weighted by atomic mass is 10.2. The summed E-state index contributed by atoms with van der Waals surface area (Å²) in [4.78, 5) is 4.44. The highest BCUT2D eigenvalue weighted by Crippen LogP contribution is 2.26. The summed E-state index contributed by atoms with van der Waals surface area (Å²) in [6, 6.07) is 17.1. The Morgan fingerprint density at radius 3 is 2.78 bits per heavy atom. The van der Waals surface area contributed by atoms with Crippen LogP contribution in [-0.2, 0) is 0 Å². The molecule has 4 nitrogen and oxygen atoms in total. The fourth-order valence-corrected chi connectivity index (χ4v) is 2.65. The predicted molar refractivity (Wildman–Crippen MR) is 96.8 cm³/mol. The first kappa shape index (κ1) is 15.0. The van der Waals surface area contributed by atoms with Crippen LogP contribution in [-0.4, -0.2) is 16.3 Å². The molecule has 0 aliphatic carbocycles. The van der Waals surface area contributed by atoms with Crippen molar-refractivity contribution in [2.45, 2.75) is 0 Å². The van der Waals surface area contributed by atoms with Gasteiger partial charge < -0.3 is 5.11 Å². The first-order valence-electron chi connectivity index (χ1n) is 7.07. The molecule has 1 aromatic heterocycles. The molecule has 0 radical (unpaired) electrons. The molecular weight excluding hydrogens is 306 g/mol. The first-order chi connectivity index (χ1) is 11.3. The fraction of sp³-hybridized carbons (Fsp3) is 0. The lowest BCUT2D eigenvalue weighted by Gasteiger charge is -1.97. The van der Waals surface area contributed by atoms with Gasteiger partial charge in [0.1, 0.15) is 5.75 Å². The van der Waals surface area contributed by atoms with Gasteiger partial charge in [0, 0.05) is 17.2 Å². The van der Waals surface area contributed by atoms with Crippen molar-refractivity contribution in [3.63, 3.8) is 0 Å². The molecule has 0 aliphatic rings. The molecule has 0 bridgehead atoms. The summed E-state index contributed by atoms with van der Waals surface area (Å²) in [5.41, 5.74) is 5.71. The number of nitrogens with one attached hydrogen (secondary N) is 1. The number of thiazole rings is 1. The van der Waals surface area contributed by atoms with Crippen LogP contribution in [0, 0.1) is 0 Å². The maximum absolute atomic E-state index is 9.50. The molecule has 1 heterocycles. The molecule has 114 valence electrons. The zero-order valence-corrected chi connectivity index (χ0v) is 13.1. The fourth-order valence-electron chi connectivity index (χ4n) is 1.98. The molecule has 0 saturated heterocycles. The third-order valence-corrected chi connectivity index (χ3v) is 3.80. The van der Waals surface area contributed by atoms with Gasteiger partial charge in [0.25, 0.3) is 0 Å². The van der Waals surface area contributed by atoms with E-state index in [9.17, 15) is 5.11 Å². The highest BCUT2D eigenvalue weighted by atomic mass is 32.1. The number of phenolic OH excluding ortho intramolecular Hbond substituents is 1. The minimum absolute atomic E-state index is 0.231. The Morgan fingerprint density at radius 2 is 1.96 bits per heavy atom. The Morgan fingerprint density at radius 1 is 1.09 bits per heavy atom. The summed E-state index contributed by atoms with van der Waals surface area (Å²) in [6.07, 6.45) is 5.53. The van der Waals surface area contributed by atoms with Crippen molar-refractivity contribution < 1.29 is 5.11 Å². The van der Waals surface area contributed by atoms with Gasteiger partial charge in [-0.25, -0.2) is 4.98 Å². The van der Waals surface area contributed by atoms with Crippen LogP contribution in [0.2, 0.25) is 0 Å². The van der Waals surface area contributed by atoms with E-state index in [1.54, 1.807) is 24.4 Å². The maximum atomic E-state index is 9.50. The van der Waals surface area contributed by atoms with Gasteiger partial charge in [0.2, 0.25) is 5.13 Å². The zero-order chi connectivity index (χ0) is 15.9. The molecule has 3 rings (SSSR count). The Labute approximate surface area is 138 Å². The van der Waals surface area contributed by atoms with Crippen molar-refractivity contribution in [2.75, 3.05) is 5.43 Å². The number of aromatic hydroxyl groups is 1. The van der Waals surface area contributed by atoms with E-state index in [1.807, 2.05) is 53.9 Å². The molecule has 0 unspecified atom stereocenters. The third kappa shape index (κ3) is 4.28. The number of hydrogen-bond donors (Lipinski definition) is 2. The standard InChI is InChI=1S/C18H15N3OS/c22-16-10-4-9-15(12-16)17-13-23-18(20-17)21-19-11-5-8-14-6-2-1-3-7-14/h1-13,22H,(H,20,21)/b8-5+,19-11+. The number of phenols is 1. The van der Waals surface area contributed by atoms with E-state index >= 15 is 0 Å². The molecule has 0 spiro atoms. The average molecular weight is 321 g/mol. The van der Waals surface area contributed by atoms with Crippen LogP contribution >= 0.6 is 11.3 Å². The Bertz CT molecular complexity index is 825. The van der Waals surface area contributed by atoms with Crippen LogP contribution in [0.5, 0.6) is 5.75 Å². The van der Waals surface area contributed by atoms with Gasteiger partial charge in [0.15, 0.2) is 0 Å². The van der Waals surface area contributed by atoms with Crippen LogP contribution in [0.3, 0.4) is 0 Å². The highest BCUT2D eigenvalue weighted by Gasteiger charge is 2.04. The third-order valence-electron chi connectivity index (χ3n) is 3.06. The summed E-state index contributed by atoms with van der Waals surface area (Å²) >= 11 is 1.46. The summed E-state index contributed by atoms with van der Waals surface area (Å²) < 4.78 is 0. The zero-order valence-electron chi connectivity index (χ0n) is 12.3. The van der Waals surface area contributed by atoms with E-state index in [-0.39, 0.29) is 5.75 Å². The molecule has 5 heteroatoms. The van der Waals surface area contributed by atoms with Gasteiger partial charge in [-0.1, -0.05) is 48.5 Å². The van der Waals surface area contributed by atoms with Gasteiger partial charge >= 0.3 is 0 Å². The second kappa shape index (κ2) is 7.38. The molecule has 2 N–H and O–H groups in total. The summed E-state index contributed by atoms with van der Waals surface area (Å²) in [5.74, 6) is 0.231. The van der Waals surface area contributed by atoms with Gasteiger partial charge in [-0.05, 0) is 23.8 Å². The number of hydrogen-bond acceptors (Lipinski definition) is 5. The van der Waals surface area contributed by atoms with Crippen LogP contribution in [0.4, 0.5) is 5.13 Å². The molecule has 3 aromatic rings. The number of aromatic nitrogens is 1. The van der Waals surface area contributed by atoms with Crippen molar-refractivity contribution in [3.05, 3.63) is 71.6 Å². The minimum atomic E-state index is 0.231. The van der Waals surface area contributed by atoms with Gasteiger partial charge in [-0.3, -0.25) is 5.43 Å². The maximum Gasteiger partial charge on any atom is 0.203 e. The second-order valence-corrected chi connectivity index (χ2v) is 5.61. The SMILES string of the molecule is Oc1cccc(-c2csc(N/N=C/C=C/c3ccccc3)n2)c1. The summed E-state index contributed by atoms with van der Waals surface area (Å²) in [5, 5.41) is 16.2. The smallest absolute Gasteiger partial charge is 0.203 e.